The molecule has 3 aromatic rings. The van der Waals surface area contributed by atoms with E-state index < -0.39 is 11.7 Å². The molecule has 0 spiro atoms. The fraction of sp³-hybridized carbons (Fsp3) is 0.208. The van der Waals surface area contributed by atoms with Crippen molar-refractivity contribution in [1.82, 2.24) is 10.6 Å². The van der Waals surface area contributed by atoms with Crippen molar-refractivity contribution >= 4 is 28.4 Å². The largest absolute Gasteiger partial charge is 0.345 e. The average molecular weight is 386 g/mol. The van der Waals surface area contributed by atoms with Gasteiger partial charge in [0.15, 0.2) is 0 Å². The molecular weight excluding hydrogens is 364 g/mol. The van der Waals surface area contributed by atoms with E-state index in [0.29, 0.717) is 11.1 Å². The zero-order chi connectivity index (χ0) is 20.4. The summed E-state index contributed by atoms with van der Waals surface area (Å²) in [5, 5.41) is 8.08. The normalized spacial score (nSPS) is 14.2. The fourth-order valence-electron chi connectivity index (χ4n) is 3.71. The summed E-state index contributed by atoms with van der Waals surface area (Å²) in [5.41, 5.74) is 1.94. The minimum Gasteiger partial charge on any atom is -0.345 e. The number of carbonyl (C=O) groups is 3. The van der Waals surface area contributed by atoms with Gasteiger partial charge in [0, 0.05) is 19.0 Å². The van der Waals surface area contributed by atoms with Crippen molar-refractivity contribution in [3.63, 3.8) is 0 Å². The maximum Gasteiger partial charge on any atom is 0.287 e. The number of fused-ring (bicyclic) bond motifs is 1. The van der Waals surface area contributed by atoms with E-state index in [4.69, 9.17) is 0 Å². The Kier molecular flexibility index (Phi) is 4.89. The molecular formula is C24H22N2O3. The summed E-state index contributed by atoms with van der Waals surface area (Å²) in [6.45, 7) is 1.35. The molecule has 2 amide bonds. The number of rotatable bonds is 6. The molecule has 0 bridgehead atoms. The van der Waals surface area contributed by atoms with Crippen LogP contribution in [0.15, 0.2) is 66.7 Å². The first-order valence-electron chi connectivity index (χ1n) is 9.68. The predicted molar refractivity (Wildman–Crippen MR) is 111 cm³/mol. The summed E-state index contributed by atoms with van der Waals surface area (Å²) in [5.74, 6) is -1.39. The first kappa shape index (κ1) is 18.9. The van der Waals surface area contributed by atoms with Crippen LogP contribution < -0.4 is 10.6 Å². The van der Waals surface area contributed by atoms with Crippen LogP contribution in [0.25, 0.3) is 10.8 Å². The van der Waals surface area contributed by atoms with Gasteiger partial charge in [0.05, 0.1) is 5.54 Å². The van der Waals surface area contributed by atoms with E-state index in [0.717, 1.165) is 29.2 Å². The Morgan fingerprint density at radius 2 is 1.59 bits per heavy atom. The number of Topliss-reactive ketones (excluding diaryl/α,β-unsaturated/α-hetero) is 1. The zero-order valence-corrected chi connectivity index (χ0v) is 16.2. The van der Waals surface area contributed by atoms with Crippen molar-refractivity contribution in [3.8, 4) is 0 Å². The van der Waals surface area contributed by atoms with E-state index in [9.17, 15) is 14.4 Å². The van der Waals surface area contributed by atoms with Gasteiger partial charge in [0.25, 0.3) is 11.8 Å². The molecule has 0 heterocycles. The van der Waals surface area contributed by atoms with Crippen molar-refractivity contribution in [3.05, 3.63) is 83.4 Å². The van der Waals surface area contributed by atoms with E-state index in [2.05, 4.69) is 34.9 Å². The van der Waals surface area contributed by atoms with Gasteiger partial charge in [0.1, 0.15) is 0 Å². The Balaban J connectivity index is 1.58. The van der Waals surface area contributed by atoms with Crippen LogP contribution in [0, 0.1) is 0 Å². The highest BCUT2D eigenvalue weighted by Gasteiger charge is 2.46. The Labute approximate surface area is 169 Å². The Morgan fingerprint density at radius 3 is 2.34 bits per heavy atom. The summed E-state index contributed by atoms with van der Waals surface area (Å²) >= 11 is 0. The van der Waals surface area contributed by atoms with Crippen molar-refractivity contribution in [1.29, 1.82) is 0 Å². The van der Waals surface area contributed by atoms with E-state index in [1.165, 1.54) is 6.92 Å². The van der Waals surface area contributed by atoms with Crippen LogP contribution in [0.2, 0.25) is 0 Å². The first-order chi connectivity index (χ1) is 14.0. The molecule has 29 heavy (non-hydrogen) atoms. The smallest absolute Gasteiger partial charge is 0.287 e. The molecule has 0 aliphatic heterocycles. The standard InChI is InChI=1S/C24H22N2O3/c1-16(27)22(28)25-15-18-8-3-5-11-20(18)23(29)26-24(13-14-24)21-12-6-9-17-7-2-4-10-19(17)21/h2-12H,13-15H2,1H3,(H,25,28)(H,26,29). The number of hydrogen-bond acceptors (Lipinski definition) is 3. The molecule has 3 aromatic carbocycles. The number of benzene rings is 3. The van der Waals surface area contributed by atoms with Crippen LogP contribution in [0.5, 0.6) is 0 Å². The highest BCUT2D eigenvalue weighted by atomic mass is 16.2. The molecule has 0 atom stereocenters. The lowest BCUT2D eigenvalue weighted by atomic mass is 9.96. The molecule has 1 fully saturated rings. The third-order valence-electron chi connectivity index (χ3n) is 5.43. The fourth-order valence-corrected chi connectivity index (χ4v) is 3.71. The molecule has 1 aliphatic carbocycles. The van der Waals surface area contributed by atoms with Crippen molar-refractivity contribution < 1.29 is 14.4 Å². The van der Waals surface area contributed by atoms with Gasteiger partial charge in [-0.3, -0.25) is 14.4 Å². The molecule has 1 aliphatic rings. The van der Waals surface area contributed by atoms with Gasteiger partial charge in [-0.2, -0.15) is 0 Å². The lowest BCUT2D eigenvalue weighted by Gasteiger charge is -2.21. The molecule has 0 radical (unpaired) electrons. The van der Waals surface area contributed by atoms with Crippen molar-refractivity contribution in [2.75, 3.05) is 0 Å². The lowest BCUT2D eigenvalue weighted by molar-refractivity contribution is -0.136. The second kappa shape index (κ2) is 7.51. The van der Waals surface area contributed by atoms with Crippen molar-refractivity contribution in [2.45, 2.75) is 31.8 Å². The van der Waals surface area contributed by atoms with Crippen molar-refractivity contribution in [2.24, 2.45) is 0 Å². The topological polar surface area (TPSA) is 75.3 Å². The van der Waals surface area contributed by atoms with Gasteiger partial charge >= 0.3 is 0 Å². The van der Waals surface area contributed by atoms with Gasteiger partial charge in [0.2, 0.25) is 5.78 Å². The van der Waals surface area contributed by atoms with Gasteiger partial charge in [-0.05, 0) is 40.8 Å². The Bertz CT molecular complexity index is 1110. The average Bonchev–Trinajstić information content (AvgIpc) is 3.52. The number of hydrogen-bond donors (Lipinski definition) is 2. The Hall–Kier alpha value is -3.47. The molecule has 0 aromatic heterocycles. The molecule has 0 saturated heterocycles. The Morgan fingerprint density at radius 1 is 0.897 bits per heavy atom. The molecule has 5 heteroatoms. The van der Waals surface area contributed by atoms with Gasteiger partial charge < -0.3 is 10.6 Å². The zero-order valence-electron chi connectivity index (χ0n) is 16.2. The molecule has 1 saturated carbocycles. The van der Waals surface area contributed by atoms with Crippen LogP contribution in [0.1, 0.15) is 41.3 Å². The second-order valence-electron chi connectivity index (χ2n) is 7.46. The molecule has 2 N–H and O–H groups in total. The van der Waals surface area contributed by atoms with Crippen LogP contribution in [-0.2, 0) is 21.7 Å². The summed E-state index contributed by atoms with van der Waals surface area (Å²) < 4.78 is 0. The van der Waals surface area contributed by atoms with Gasteiger partial charge in [-0.1, -0.05) is 60.7 Å². The van der Waals surface area contributed by atoms with E-state index >= 15 is 0 Å². The summed E-state index contributed by atoms with van der Waals surface area (Å²) in [4.78, 5) is 35.9. The monoisotopic (exact) mass is 386 g/mol. The number of nitrogens with one attached hydrogen (secondary N) is 2. The number of carbonyl (C=O) groups excluding carboxylic acids is 3. The highest BCUT2D eigenvalue weighted by Crippen LogP contribution is 2.48. The minimum atomic E-state index is -0.658. The highest BCUT2D eigenvalue weighted by molar-refractivity contribution is 6.35. The third kappa shape index (κ3) is 3.76. The van der Waals surface area contributed by atoms with Crippen LogP contribution >= 0.6 is 0 Å². The second-order valence-corrected chi connectivity index (χ2v) is 7.46. The molecule has 146 valence electrons. The SMILES string of the molecule is CC(=O)C(=O)NCc1ccccc1C(=O)NC1(c2cccc3ccccc23)CC1. The summed E-state index contributed by atoms with van der Waals surface area (Å²) in [7, 11) is 0. The first-order valence-corrected chi connectivity index (χ1v) is 9.68. The predicted octanol–water partition coefficient (Wildman–Crippen LogP) is 3.46. The molecule has 4 rings (SSSR count). The van der Waals surface area contributed by atoms with Crippen LogP contribution in [0.4, 0.5) is 0 Å². The third-order valence-corrected chi connectivity index (χ3v) is 5.43. The number of amides is 2. The number of ketones is 1. The van der Waals surface area contributed by atoms with Gasteiger partial charge in [-0.25, -0.2) is 0 Å². The quantitative estimate of drug-likeness (QED) is 0.637. The maximum absolute atomic E-state index is 13.1. The lowest BCUT2D eigenvalue weighted by Crippen LogP contribution is -2.36. The van der Waals surface area contributed by atoms with E-state index in [-0.39, 0.29) is 18.0 Å². The summed E-state index contributed by atoms with van der Waals surface area (Å²) in [6.07, 6.45) is 1.77. The molecule has 0 unspecified atom stereocenters. The maximum atomic E-state index is 13.1. The minimum absolute atomic E-state index is 0.128. The van der Waals surface area contributed by atoms with Crippen LogP contribution in [0.3, 0.4) is 0 Å². The van der Waals surface area contributed by atoms with E-state index in [1.54, 1.807) is 18.2 Å². The summed E-state index contributed by atoms with van der Waals surface area (Å²) in [6, 6.07) is 21.5. The van der Waals surface area contributed by atoms with Crippen LogP contribution in [-0.4, -0.2) is 17.6 Å². The van der Waals surface area contributed by atoms with E-state index in [1.807, 2.05) is 24.3 Å². The van der Waals surface area contributed by atoms with Gasteiger partial charge in [-0.15, -0.1) is 0 Å². The molecule has 5 nitrogen and oxygen atoms in total.